The van der Waals surface area contributed by atoms with Crippen molar-refractivity contribution in [2.24, 2.45) is 0 Å². The lowest BCUT2D eigenvalue weighted by Gasteiger charge is -2.37. The van der Waals surface area contributed by atoms with Crippen LogP contribution in [0.4, 0.5) is 4.39 Å². The number of nitrogens with zero attached hydrogens (tertiary/aromatic N) is 1. The number of nitrogens with one attached hydrogen (secondary N) is 1. The number of aromatic amines is 1. The average Bonchev–Trinajstić information content (AvgIpc) is 3.04. The zero-order valence-electron chi connectivity index (χ0n) is 14.7. The number of aromatic nitrogens is 1. The summed E-state index contributed by atoms with van der Waals surface area (Å²) in [6, 6.07) is 12.6. The van der Waals surface area contributed by atoms with Crippen molar-refractivity contribution >= 4 is 16.9 Å². The summed E-state index contributed by atoms with van der Waals surface area (Å²) < 4.78 is 20.7. The summed E-state index contributed by atoms with van der Waals surface area (Å²) in [6.45, 7) is 1.98. The molecule has 1 aliphatic heterocycles. The summed E-state index contributed by atoms with van der Waals surface area (Å²) >= 11 is 0. The van der Waals surface area contributed by atoms with Crippen molar-refractivity contribution in [3.8, 4) is 6.07 Å². The van der Waals surface area contributed by atoms with E-state index in [0.717, 1.165) is 5.56 Å². The minimum absolute atomic E-state index is 0.221. The number of carboxylic acid groups (broad SMARTS) is 1. The maximum absolute atomic E-state index is 14.7. The smallest absolute Gasteiger partial charge is 0.307 e. The number of nitriles is 1. The highest BCUT2D eigenvalue weighted by Crippen LogP contribution is 2.45. The number of aliphatic carboxylic acids is 1. The van der Waals surface area contributed by atoms with Gasteiger partial charge in [-0.15, -0.1) is 0 Å². The number of H-pyrrole nitrogens is 1. The number of fused-ring (bicyclic) bond motifs is 3. The van der Waals surface area contributed by atoms with E-state index in [2.05, 4.69) is 11.1 Å². The molecule has 0 spiro atoms. The van der Waals surface area contributed by atoms with Crippen LogP contribution in [0.1, 0.15) is 34.4 Å². The van der Waals surface area contributed by atoms with Gasteiger partial charge >= 0.3 is 5.97 Å². The Bertz CT molecular complexity index is 1100. The fourth-order valence-corrected chi connectivity index (χ4v) is 4.05. The summed E-state index contributed by atoms with van der Waals surface area (Å²) in [5.41, 5.74) is 1.86. The monoisotopic (exact) mass is 364 g/mol. The van der Waals surface area contributed by atoms with Crippen LogP contribution in [0.2, 0.25) is 0 Å². The van der Waals surface area contributed by atoms with Gasteiger partial charge in [-0.25, -0.2) is 4.39 Å². The lowest BCUT2D eigenvalue weighted by molar-refractivity contribution is -0.144. The highest BCUT2D eigenvalue weighted by Gasteiger charge is 2.44. The molecule has 136 valence electrons. The standard InChI is InChI=1S/C21H17FN2O3/c1-12-9-16(22)19-18(15(12)11-23)14-7-8-27-21(10-17(25)26,20(14)24-19)13-5-3-2-4-6-13/h2-6,9,24H,7-8,10H2,1H3,(H,25,26). The van der Waals surface area contributed by atoms with Crippen LogP contribution in [0, 0.1) is 24.1 Å². The van der Waals surface area contributed by atoms with Crippen LogP contribution in [-0.2, 0) is 21.6 Å². The van der Waals surface area contributed by atoms with Crippen molar-refractivity contribution in [3.05, 3.63) is 70.2 Å². The van der Waals surface area contributed by atoms with E-state index < -0.39 is 17.4 Å². The molecule has 6 heteroatoms. The average molecular weight is 364 g/mol. The molecule has 27 heavy (non-hydrogen) atoms. The summed E-state index contributed by atoms with van der Waals surface area (Å²) in [5.74, 6) is -1.49. The lowest BCUT2D eigenvalue weighted by Crippen LogP contribution is -2.39. The van der Waals surface area contributed by atoms with Gasteiger partial charge in [0, 0.05) is 5.39 Å². The highest BCUT2D eigenvalue weighted by atomic mass is 19.1. The van der Waals surface area contributed by atoms with E-state index in [-0.39, 0.29) is 18.5 Å². The zero-order valence-corrected chi connectivity index (χ0v) is 14.7. The maximum atomic E-state index is 14.7. The molecule has 1 unspecified atom stereocenters. The van der Waals surface area contributed by atoms with Gasteiger partial charge in [-0.1, -0.05) is 30.3 Å². The van der Waals surface area contributed by atoms with Crippen molar-refractivity contribution in [1.29, 1.82) is 5.26 Å². The second-order valence-electron chi connectivity index (χ2n) is 6.75. The molecule has 1 atom stereocenters. The van der Waals surface area contributed by atoms with Crippen LogP contribution < -0.4 is 0 Å². The second-order valence-corrected chi connectivity index (χ2v) is 6.75. The Morgan fingerprint density at radius 3 is 2.81 bits per heavy atom. The van der Waals surface area contributed by atoms with Gasteiger partial charge in [0.1, 0.15) is 17.5 Å². The van der Waals surface area contributed by atoms with Gasteiger partial charge in [0.05, 0.1) is 29.8 Å². The molecule has 3 aromatic rings. The number of ether oxygens (including phenoxy) is 1. The molecular weight excluding hydrogens is 347 g/mol. The topological polar surface area (TPSA) is 86.1 Å². The first-order chi connectivity index (χ1) is 13.0. The molecule has 1 aliphatic rings. The van der Waals surface area contributed by atoms with Crippen molar-refractivity contribution < 1.29 is 19.0 Å². The van der Waals surface area contributed by atoms with Crippen molar-refractivity contribution in [1.82, 2.24) is 4.98 Å². The fourth-order valence-electron chi connectivity index (χ4n) is 4.05. The first-order valence-corrected chi connectivity index (χ1v) is 8.63. The third-order valence-electron chi connectivity index (χ3n) is 5.19. The van der Waals surface area contributed by atoms with E-state index in [9.17, 15) is 19.6 Å². The number of benzene rings is 2. The normalized spacial score (nSPS) is 18.9. The molecule has 0 bridgehead atoms. The van der Waals surface area contributed by atoms with Gasteiger partial charge in [0.25, 0.3) is 0 Å². The summed E-state index contributed by atoms with van der Waals surface area (Å²) in [7, 11) is 0. The van der Waals surface area contributed by atoms with Crippen LogP contribution >= 0.6 is 0 Å². The third-order valence-corrected chi connectivity index (χ3v) is 5.19. The summed E-state index contributed by atoms with van der Waals surface area (Å²) in [5, 5.41) is 19.7. The second kappa shape index (κ2) is 6.22. The first kappa shape index (κ1) is 17.3. The van der Waals surface area contributed by atoms with Crippen molar-refractivity contribution in [3.63, 3.8) is 0 Å². The number of carbonyl (C=O) groups is 1. The van der Waals surface area contributed by atoms with Crippen molar-refractivity contribution in [2.45, 2.75) is 25.4 Å². The van der Waals surface area contributed by atoms with Gasteiger partial charge in [-0.05, 0) is 36.1 Å². The summed E-state index contributed by atoms with van der Waals surface area (Å²) in [6.07, 6.45) is 0.167. The van der Waals surface area contributed by atoms with E-state index in [0.29, 0.717) is 34.2 Å². The van der Waals surface area contributed by atoms with Crippen LogP contribution in [-0.4, -0.2) is 22.7 Å². The van der Waals surface area contributed by atoms with E-state index >= 15 is 0 Å². The number of aryl methyl sites for hydroxylation is 1. The van der Waals surface area contributed by atoms with E-state index in [1.54, 1.807) is 19.1 Å². The van der Waals surface area contributed by atoms with E-state index in [1.807, 2.05) is 18.2 Å². The molecule has 2 aromatic carbocycles. The molecular formula is C21H17FN2O3. The number of halogens is 1. The Kier molecular flexibility index (Phi) is 3.97. The largest absolute Gasteiger partial charge is 0.481 e. The van der Waals surface area contributed by atoms with Crippen LogP contribution in [0.5, 0.6) is 0 Å². The fraction of sp³-hybridized carbons (Fsp3) is 0.238. The molecule has 0 radical (unpaired) electrons. The molecule has 0 saturated carbocycles. The Balaban J connectivity index is 2.10. The van der Waals surface area contributed by atoms with Crippen LogP contribution in [0.25, 0.3) is 10.9 Å². The number of hydrogen-bond donors (Lipinski definition) is 2. The highest BCUT2D eigenvalue weighted by molar-refractivity contribution is 5.92. The van der Waals surface area contributed by atoms with Crippen LogP contribution in [0.3, 0.4) is 0 Å². The Hall–Kier alpha value is -3.17. The molecule has 2 heterocycles. The molecule has 4 rings (SSSR count). The first-order valence-electron chi connectivity index (χ1n) is 8.63. The zero-order chi connectivity index (χ0) is 19.2. The van der Waals surface area contributed by atoms with Gasteiger partial charge in [0.15, 0.2) is 0 Å². The third kappa shape index (κ3) is 2.51. The maximum Gasteiger partial charge on any atom is 0.307 e. The predicted octanol–water partition coefficient (Wildman–Crippen LogP) is 3.78. The molecule has 0 fully saturated rings. The van der Waals surface area contributed by atoms with Gasteiger partial charge < -0.3 is 14.8 Å². The predicted molar refractivity (Wildman–Crippen MR) is 96.8 cm³/mol. The quantitative estimate of drug-likeness (QED) is 0.741. The Morgan fingerprint density at radius 1 is 1.41 bits per heavy atom. The van der Waals surface area contributed by atoms with Gasteiger partial charge in [-0.3, -0.25) is 4.79 Å². The van der Waals surface area contributed by atoms with E-state index in [4.69, 9.17) is 4.74 Å². The van der Waals surface area contributed by atoms with Crippen molar-refractivity contribution in [2.75, 3.05) is 6.61 Å². The number of carboxylic acids is 1. The number of rotatable bonds is 3. The lowest BCUT2D eigenvalue weighted by atomic mass is 9.82. The Labute approximate surface area is 155 Å². The van der Waals surface area contributed by atoms with Crippen LogP contribution in [0.15, 0.2) is 36.4 Å². The molecule has 1 aromatic heterocycles. The van der Waals surface area contributed by atoms with Gasteiger partial charge in [-0.2, -0.15) is 5.26 Å². The molecule has 5 nitrogen and oxygen atoms in total. The van der Waals surface area contributed by atoms with Gasteiger partial charge in [0.2, 0.25) is 0 Å². The minimum Gasteiger partial charge on any atom is -0.481 e. The molecule has 0 saturated heterocycles. The SMILES string of the molecule is Cc1cc(F)c2[nH]c3c(c2c1C#N)CCOC3(CC(=O)O)c1ccccc1. The summed E-state index contributed by atoms with van der Waals surface area (Å²) in [4.78, 5) is 14.8. The minimum atomic E-state index is -1.26. The molecule has 0 aliphatic carbocycles. The number of hydrogen-bond acceptors (Lipinski definition) is 3. The Morgan fingerprint density at radius 2 is 2.15 bits per heavy atom. The molecule has 2 N–H and O–H groups in total. The molecule has 0 amide bonds. The van der Waals surface area contributed by atoms with E-state index in [1.165, 1.54) is 6.07 Å².